The zero-order valence-electron chi connectivity index (χ0n) is 14.0. The van der Waals surface area contributed by atoms with Crippen LogP contribution in [-0.4, -0.2) is 36.6 Å². The lowest BCUT2D eigenvalue weighted by Gasteiger charge is -2.12. The third-order valence-corrected chi connectivity index (χ3v) is 4.26. The van der Waals surface area contributed by atoms with Crippen molar-refractivity contribution in [3.05, 3.63) is 50.9 Å². The van der Waals surface area contributed by atoms with Crippen LogP contribution in [0.5, 0.6) is 5.75 Å². The van der Waals surface area contributed by atoms with E-state index in [1.54, 1.807) is 0 Å². The van der Waals surface area contributed by atoms with E-state index >= 15 is 0 Å². The third kappa shape index (κ3) is 4.54. The minimum Gasteiger partial charge on any atom is -0.406 e. The van der Waals surface area contributed by atoms with E-state index in [-0.39, 0.29) is 22.4 Å². The molecule has 1 N–H and O–H groups in total. The number of ether oxygens (including phenoxy) is 1. The van der Waals surface area contributed by atoms with Gasteiger partial charge in [0.05, 0.1) is 5.75 Å². The van der Waals surface area contributed by atoms with Gasteiger partial charge in [0.1, 0.15) is 11.3 Å². The van der Waals surface area contributed by atoms with Crippen molar-refractivity contribution in [3.8, 4) is 5.75 Å². The molecule has 11 heteroatoms. The predicted molar refractivity (Wildman–Crippen MR) is 85.9 cm³/mol. The molecule has 0 bridgehead atoms. The Bertz CT molecular complexity index is 1020. The van der Waals surface area contributed by atoms with Gasteiger partial charge in [0.25, 0.3) is 5.56 Å². The largest absolute Gasteiger partial charge is 0.573 e. The Morgan fingerprint density at radius 1 is 1.31 bits per heavy atom. The molecule has 1 aromatic carbocycles. The number of hydrogen-bond acceptors (Lipinski definition) is 5. The summed E-state index contributed by atoms with van der Waals surface area (Å²) in [6.45, 7) is 1.48. The maximum Gasteiger partial charge on any atom is 0.573 e. The Kier molecular flexibility index (Phi) is 5.04. The smallest absolute Gasteiger partial charge is 0.406 e. The topological polar surface area (TPSA) is 98.2 Å². The summed E-state index contributed by atoms with van der Waals surface area (Å²) in [4.78, 5) is 24.8. The molecule has 142 valence electrons. The first-order chi connectivity index (χ1) is 11.8. The van der Waals surface area contributed by atoms with E-state index in [1.807, 2.05) is 0 Å². The normalized spacial score (nSPS) is 12.2. The SMILES string of the molecule is Cc1[nH]n(C)c(=O)c1C(=O)c1ccc(OC(F)(F)F)cc1CS(C)(=O)=O. The zero-order chi connectivity index (χ0) is 19.9. The molecule has 1 heterocycles. The molecule has 2 aromatic rings. The molecule has 0 atom stereocenters. The average Bonchev–Trinajstić information content (AvgIpc) is 2.68. The van der Waals surface area contributed by atoms with Crippen LogP contribution in [0.4, 0.5) is 13.2 Å². The van der Waals surface area contributed by atoms with Gasteiger partial charge < -0.3 is 4.74 Å². The van der Waals surface area contributed by atoms with Gasteiger partial charge in [-0.05, 0) is 30.7 Å². The lowest BCUT2D eigenvalue weighted by molar-refractivity contribution is -0.274. The number of aromatic nitrogens is 2. The number of halogens is 3. The molecule has 0 radical (unpaired) electrons. The van der Waals surface area contributed by atoms with E-state index in [1.165, 1.54) is 14.0 Å². The summed E-state index contributed by atoms with van der Waals surface area (Å²) in [5.41, 5.74) is -0.977. The van der Waals surface area contributed by atoms with Crippen molar-refractivity contribution in [2.75, 3.05) is 6.26 Å². The number of aromatic amines is 1. The Hall–Kier alpha value is -2.56. The number of carbonyl (C=O) groups excluding carboxylic acids is 1. The number of hydrogen-bond donors (Lipinski definition) is 1. The van der Waals surface area contributed by atoms with Crippen LogP contribution in [0.3, 0.4) is 0 Å². The van der Waals surface area contributed by atoms with Gasteiger partial charge in [-0.15, -0.1) is 13.2 Å². The molecule has 0 aliphatic rings. The van der Waals surface area contributed by atoms with Gasteiger partial charge in [0.2, 0.25) is 5.78 Å². The standard InChI is InChI=1S/C15H15F3N2O5S/c1-8-12(14(22)20(2)19-8)13(21)11-5-4-10(25-15(16,17)18)6-9(11)7-26(3,23)24/h4-6,19H,7H2,1-3H3. The Morgan fingerprint density at radius 2 is 1.92 bits per heavy atom. The van der Waals surface area contributed by atoms with Crippen molar-refractivity contribution in [1.29, 1.82) is 0 Å². The van der Waals surface area contributed by atoms with Gasteiger partial charge in [0, 0.05) is 24.6 Å². The van der Waals surface area contributed by atoms with Gasteiger partial charge in [-0.1, -0.05) is 0 Å². The minimum absolute atomic E-state index is 0.190. The molecule has 0 unspecified atom stereocenters. The van der Waals surface area contributed by atoms with E-state index in [2.05, 4.69) is 9.84 Å². The van der Waals surface area contributed by atoms with Crippen LogP contribution in [0.2, 0.25) is 0 Å². The number of sulfone groups is 1. The summed E-state index contributed by atoms with van der Waals surface area (Å²) in [6, 6.07) is 2.73. The highest BCUT2D eigenvalue weighted by Gasteiger charge is 2.32. The predicted octanol–water partition coefficient (Wildman–Crippen LogP) is 1.70. The second-order valence-corrected chi connectivity index (χ2v) is 7.88. The highest BCUT2D eigenvalue weighted by Crippen LogP contribution is 2.27. The molecule has 0 aliphatic carbocycles. The number of alkyl halides is 3. The molecule has 0 fully saturated rings. The zero-order valence-corrected chi connectivity index (χ0v) is 14.8. The van der Waals surface area contributed by atoms with Gasteiger partial charge in [0.15, 0.2) is 9.84 Å². The van der Waals surface area contributed by atoms with Crippen molar-refractivity contribution in [2.45, 2.75) is 19.0 Å². The van der Waals surface area contributed by atoms with Crippen LogP contribution >= 0.6 is 0 Å². The third-order valence-electron chi connectivity index (χ3n) is 3.43. The Balaban J connectivity index is 2.59. The first-order valence-corrected chi connectivity index (χ1v) is 9.21. The Labute approximate surface area is 146 Å². The van der Waals surface area contributed by atoms with Crippen molar-refractivity contribution in [1.82, 2.24) is 9.78 Å². The summed E-state index contributed by atoms with van der Waals surface area (Å²) in [7, 11) is -2.28. The minimum atomic E-state index is -4.97. The number of benzene rings is 1. The molecule has 0 saturated heterocycles. The fraction of sp³-hybridized carbons (Fsp3) is 0.333. The molecule has 7 nitrogen and oxygen atoms in total. The second kappa shape index (κ2) is 6.63. The van der Waals surface area contributed by atoms with Crippen LogP contribution < -0.4 is 10.3 Å². The fourth-order valence-corrected chi connectivity index (χ4v) is 3.28. The van der Waals surface area contributed by atoms with Gasteiger partial charge in [-0.2, -0.15) is 0 Å². The van der Waals surface area contributed by atoms with Crippen molar-refractivity contribution >= 4 is 15.6 Å². The highest BCUT2D eigenvalue weighted by atomic mass is 32.2. The lowest BCUT2D eigenvalue weighted by Crippen LogP contribution is -2.21. The number of nitrogens with zero attached hydrogens (tertiary/aromatic N) is 1. The molecule has 1 aromatic heterocycles. The molecule has 26 heavy (non-hydrogen) atoms. The maximum atomic E-state index is 12.7. The average molecular weight is 392 g/mol. The molecule has 0 saturated carbocycles. The summed E-state index contributed by atoms with van der Waals surface area (Å²) in [6.07, 6.45) is -4.10. The summed E-state index contributed by atoms with van der Waals surface area (Å²) < 4.78 is 65.2. The van der Waals surface area contributed by atoms with E-state index in [9.17, 15) is 31.2 Å². The number of nitrogens with one attached hydrogen (secondary N) is 1. The van der Waals surface area contributed by atoms with Crippen LogP contribution in [0.25, 0.3) is 0 Å². The first kappa shape index (κ1) is 19.8. The van der Waals surface area contributed by atoms with Crippen LogP contribution in [0.15, 0.2) is 23.0 Å². The number of rotatable bonds is 5. The van der Waals surface area contributed by atoms with E-state index in [0.29, 0.717) is 0 Å². The van der Waals surface area contributed by atoms with Crippen LogP contribution in [-0.2, 0) is 22.6 Å². The van der Waals surface area contributed by atoms with Crippen molar-refractivity contribution in [3.63, 3.8) is 0 Å². The summed E-state index contributed by atoms with van der Waals surface area (Å²) in [5, 5.41) is 2.63. The summed E-state index contributed by atoms with van der Waals surface area (Å²) in [5.74, 6) is -2.14. The first-order valence-electron chi connectivity index (χ1n) is 7.15. The quantitative estimate of drug-likeness (QED) is 0.781. The molecule has 0 aliphatic heterocycles. The summed E-state index contributed by atoms with van der Waals surface area (Å²) >= 11 is 0. The van der Waals surface area contributed by atoms with Crippen molar-refractivity contribution < 1.29 is 31.1 Å². The van der Waals surface area contributed by atoms with E-state index in [4.69, 9.17) is 0 Å². The highest BCUT2D eigenvalue weighted by molar-refractivity contribution is 7.89. The molecular formula is C15H15F3N2O5S. The van der Waals surface area contributed by atoms with Gasteiger partial charge >= 0.3 is 6.36 Å². The number of H-pyrrole nitrogens is 1. The second-order valence-electron chi connectivity index (χ2n) is 5.74. The number of ketones is 1. The number of aryl methyl sites for hydroxylation is 2. The molecule has 0 amide bonds. The molecule has 0 spiro atoms. The van der Waals surface area contributed by atoms with Gasteiger partial charge in [-0.3, -0.25) is 19.4 Å². The van der Waals surface area contributed by atoms with Crippen LogP contribution in [0, 0.1) is 6.92 Å². The lowest BCUT2D eigenvalue weighted by atomic mass is 9.99. The maximum absolute atomic E-state index is 12.7. The van der Waals surface area contributed by atoms with Crippen LogP contribution in [0.1, 0.15) is 27.2 Å². The van der Waals surface area contributed by atoms with E-state index < -0.39 is 39.0 Å². The Morgan fingerprint density at radius 3 is 2.38 bits per heavy atom. The monoisotopic (exact) mass is 392 g/mol. The molecule has 2 rings (SSSR count). The fourth-order valence-electron chi connectivity index (χ4n) is 2.48. The van der Waals surface area contributed by atoms with Crippen molar-refractivity contribution in [2.24, 2.45) is 7.05 Å². The van der Waals surface area contributed by atoms with E-state index in [0.717, 1.165) is 29.1 Å². The van der Waals surface area contributed by atoms with Gasteiger partial charge in [-0.25, -0.2) is 8.42 Å². The molecular weight excluding hydrogens is 377 g/mol. The number of carbonyl (C=O) groups is 1.